The van der Waals surface area contributed by atoms with E-state index in [-0.39, 0.29) is 13.3 Å². The van der Waals surface area contributed by atoms with Gasteiger partial charge in [-0.2, -0.15) is 0 Å². The Labute approximate surface area is 127 Å². The van der Waals surface area contributed by atoms with Crippen LogP contribution in [0.2, 0.25) is 0 Å². The molecule has 4 heteroatoms. The van der Waals surface area contributed by atoms with Crippen molar-refractivity contribution in [1.29, 1.82) is 0 Å². The van der Waals surface area contributed by atoms with Crippen molar-refractivity contribution >= 4 is 17.3 Å². The number of carbonyl (C=O) groups is 1. The molecule has 1 saturated carbocycles. The van der Waals surface area contributed by atoms with Gasteiger partial charge in [0.2, 0.25) is 5.91 Å². The number of anilines is 1. The molecule has 4 nitrogen and oxygen atoms in total. The van der Waals surface area contributed by atoms with Crippen molar-refractivity contribution in [2.75, 3.05) is 5.32 Å². The van der Waals surface area contributed by atoms with Crippen LogP contribution in [0.25, 0.3) is 5.70 Å². The fourth-order valence-corrected chi connectivity index (χ4v) is 2.09. The molecule has 0 unspecified atom stereocenters. The van der Waals surface area contributed by atoms with Gasteiger partial charge >= 0.3 is 0 Å². The molecule has 1 aliphatic carbocycles. The van der Waals surface area contributed by atoms with Gasteiger partial charge in [0.1, 0.15) is 0 Å². The maximum absolute atomic E-state index is 11.8. The van der Waals surface area contributed by atoms with E-state index in [1.54, 1.807) is 0 Å². The number of benzene rings is 1. The van der Waals surface area contributed by atoms with Crippen LogP contribution in [0.15, 0.2) is 36.6 Å². The molecule has 2 aliphatic rings. The van der Waals surface area contributed by atoms with Gasteiger partial charge in [0.15, 0.2) is 0 Å². The molecule has 114 valence electrons. The van der Waals surface area contributed by atoms with Crippen molar-refractivity contribution < 1.29 is 6.22 Å². The van der Waals surface area contributed by atoms with E-state index in [1.165, 1.54) is 5.56 Å². The maximum atomic E-state index is 11.8. The summed E-state index contributed by atoms with van der Waals surface area (Å²) < 4.78 is 0. The van der Waals surface area contributed by atoms with Gasteiger partial charge in [0.25, 0.3) is 0 Å². The van der Waals surface area contributed by atoms with Crippen molar-refractivity contribution in [3.05, 3.63) is 47.7 Å². The predicted molar refractivity (Wildman–Crippen MR) is 89.4 cm³/mol. The van der Waals surface area contributed by atoms with E-state index < -0.39 is 0 Å². The van der Waals surface area contributed by atoms with Crippen molar-refractivity contribution in [3.8, 4) is 0 Å². The molecule has 0 atom stereocenters. The van der Waals surface area contributed by atoms with Crippen LogP contribution >= 0.6 is 0 Å². The van der Waals surface area contributed by atoms with Crippen LogP contribution in [0.4, 0.5) is 5.69 Å². The summed E-state index contributed by atoms with van der Waals surface area (Å²) >= 11 is 0. The lowest BCUT2D eigenvalue weighted by Crippen LogP contribution is -2.27. The highest BCUT2D eigenvalue weighted by Gasteiger charge is 2.29. The number of carbonyl (C=O) groups excluding carboxylic acids is 1. The number of amides is 1. The Kier molecular flexibility index (Phi) is 5.04. The van der Waals surface area contributed by atoms with Crippen LogP contribution in [0, 0.1) is 12.8 Å². The minimum absolute atomic E-state index is 0. The summed E-state index contributed by atoms with van der Waals surface area (Å²) in [5.74, 6) is 0.361. The highest BCUT2D eigenvalue weighted by molar-refractivity contribution is 5.94. The molecule has 1 aliphatic heterocycles. The van der Waals surface area contributed by atoms with Gasteiger partial charge in [-0.15, -0.1) is 0 Å². The number of rotatable bonds is 3. The van der Waals surface area contributed by atoms with E-state index in [1.807, 2.05) is 50.4 Å². The van der Waals surface area contributed by atoms with Crippen LogP contribution in [-0.2, 0) is 4.79 Å². The Morgan fingerprint density at radius 1 is 1.33 bits per heavy atom. The monoisotopic (exact) mass is 287 g/mol. The zero-order chi connectivity index (χ0) is 15.2. The predicted octanol–water partition coefficient (Wildman–Crippen LogP) is 3.58. The van der Waals surface area contributed by atoms with E-state index in [9.17, 15) is 4.79 Å². The first-order chi connectivity index (χ1) is 10.2. The van der Waals surface area contributed by atoms with E-state index in [0.29, 0.717) is 0 Å². The van der Waals surface area contributed by atoms with Gasteiger partial charge < -0.3 is 16.2 Å². The highest BCUT2D eigenvalue weighted by atomic mass is 16.2. The zero-order valence-electron chi connectivity index (χ0n) is 12.9. The lowest BCUT2D eigenvalue weighted by molar-refractivity contribution is -0.117. The Morgan fingerprint density at radius 3 is 2.71 bits per heavy atom. The maximum Gasteiger partial charge on any atom is 0.227 e. The Morgan fingerprint density at radius 2 is 2.10 bits per heavy atom. The van der Waals surface area contributed by atoms with Gasteiger partial charge in [0.05, 0.1) is 5.70 Å². The van der Waals surface area contributed by atoms with Gasteiger partial charge in [-0.25, -0.2) is 0 Å². The number of aryl methyl sites for hydroxylation is 1. The Balaban J connectivity index is 0.000000775. The van der Waals surface area contributed by atoms with Crippen LogP contribution in [-0.4, -0.2) is 5.91 Å². The van der Waals surface area contributed by atoms with Crippen LogP contribution in [0.1, 0.15) is 39.2 Å². The molecular weight excluding hydrogens is 262 g/mol. The average molecular weight is 287 g/mol. The van der Waals surface area contributed by atoms with E-state index in [0.717, 1.165) is 29.8 Å². The van der Waals surface area contributed by atoms with E-state index >= 15 is 0 Å². The molecule has 1 amide bonds. The van der Waals surface area contributed by atoms with Crippen molar-refractivity contribution in [2.45, 2.75) is 33.6 Å². The summed E-state index contributed by atoms with van der Waals surface area (Å²) in [5.41, 5.74) is 10.2. The minimum atomic E-state index is 0. The molecule has 1 aromatic rings. The second-order valence-electron chi connectivity index (χ2n) is 5.00. The largest absolute Gasteiger partial charge is 0.326 e. The van der Waals surface area contributed by atoms with E-state index in [4.69, 9.17) is 0 Å². The number of hydrogen-bond donors (Lipinski definition) is 3. The first-order valence-electron chi connectivity index (χ1n) is 7.54. The molecule has 1 heterocycles. The molecule has 0 aromatic heterocycles. The first-order valence-corrected chi connectivity index (χ1v) is 7.54. The third kappa shape index (κ3) is 3.88. The summed E-state index contributed by atoms with van der Waals surface area (Å²) in [6.45, 7) is 6.06. The van der Waals surface area contributed by atoms with Gasteiger partial charge in [-0.3, -0.25) is 4.79 Å². The Bertz CT molecular complexity index is 577. The van der Waals surface area contributed by atoms with Crippen molar-refractivity contribution in [3.63, 3.8) is 0 Å². The van der Waals surface area contributed by atoms with Crippen molar-refractivity contribution in [1.82, 2.24) is 10.9 Å². The van der Waals surface area contributed by atoms with Crippen LogP contribution in [0.5, 0.6) is 0 Å². The second kappa shape index (κ2) is 6.97. The summed E-state index contributed by atoms with van der Waals surface area (Å²) in [5, 5.41) is 2.98. The third-order valence-corrected chi connectivity index (χ3v) is 3.39. The molecule has 0 radical (unpaired) electrons. The molecule has 3 rings (SSSR count). The number of allylic oxidation sites excluding steroid dienone is 2. The Hall–Kier alpha value is -2.23. The van der Waals surface area contributed by atoms with Crippen LogP contribution < -0.4 is 16.2 Å². The lowest BCUT2D eigenvalue weighted by Gasteiger charge is -2.17. The topological polar surface area (TPSA) is 53.2 Å². The van der Waals surface area contributed by atoms with Gasteiger partial charge in [0, 0.05) is 24.8 Å². The SMILES string of the molecule is CC.Cc1ccc(NC(=O)C2CC2)cc1C1=CC=CNN1.[HH]. The molecule has 1 fully saturated rings. The summed E-state index contributed by atoms with van der Waals surface area (Å²) in [7, 11) is 0. The molecule has 21 heavy (non-hydrogen) atoms. The molecule has 0 spiro atoms. The normalized spacial score (nSPS) is 15.9. The van der Waals surface area contributed by atoms with E-state index in [2.05, 4.69) is 23.1 Å². The smallest absolute Gasteiger partial charge is 0.227 e. The molecular formula is C17H25N3O. The molecule has 0 bridgehead atoms. The molecule has 3 N–H and O–H groups in total. The number of hydrogen-bond acceptors (Lipinski definition) is 3. The first kappa shape index (κ1) is 15.2. The van der Waals surface area contributed by atoms with Gasteiger partial charge in [-0.05, 0) is 49.6 Å². The fraction of sp³-hybridized carbons (Fsp3) is 0.353. The quantitative estimate of drug-likeness (QED) is 0.796. The summed E-state index contributed by atoms with van der Waals surface area (Å²) in [6, 6.07) is 5.99. The number of hydrazine groups is 1. The molecule has 0 saturated heterocycles. The highest BCUT2D eigenvalue weighted by Crippen LogP contribution is 2.30. The standard InChI is InChI=1S/C15H17N3O.C2H6.H2/c1-10-4-7-12(17-15(19)11-5-6-11)9-13(10)14-3-2-8-16-18-14;1-2;/h2-4,7-9,11,16,18H,5-6H2,1H3,(H,17,19);1-2H3;1H. The van der Waals surface area contributed by atoms with Gasteiger partial charge in [-0.1, -0.05) is 19.9 Å². The van der Waals surface area contributed by atoms with Crippen LogP contribution in [0.3, 0.4) is 0 Å². The number of nitrogens with one attached hydrogen (secondary N) is 3. The molecule has 1 aromatic carbocycles. The second-order valence-corrected chi connectivity index (χ2v) is 5.00. The summed E-state index contributed by atoms with van der Waals surface area (Å²) in [6.07, 6.45) is 7.82. The summed E-state index contributed by atoms with van der Waals surface area (Å²) in [4.78, 5) is 11.8. The lowest BCUT2D eigenvalue weighted by atomic mass is 10.0. The fourth-order valence-electron chi connectivity index (χ4n) is 2.09. The zero-order valence-corrected chi connectivity index (χ0v) is 12.9. The minimum Gasteiger partial charge on any atom is -0.326 e. The van der Waals surface area contributed by atoms with Crippen molar-refractivity contribution in [2.24, 2.45) is 5.92 Å². The average Bonchev–Trinajstić information content (AvgIpc) is 3.37. The third-order valence-electron chi connectivity index (χ3n) is 3.39.